The van der Waals surface area contributed by atoms with Crippen molar-refractivity contribution in [2.45, 2.75) is 40.0 Å². The van der Waals surface area contributed by atoms with Crippen LogP contribution >= 0.6 is 0 Å². The van der Waals surface area contributed by atoms with E-state index in [1.807, 2.05) is 28.9 Å². The number of rotatable bonds is 3. The molecular formula is C19H27N3O2. The molecule has 3 rings (SSSR count). The number of nitrogens with zero attached hydrogens (tertiary/aromatic N) is 3. The van der Waals surface area contributed by atoms with Crippen molar-refractivity contribution in [3.05, 3.63) is 29.6 Å². The van der Waals surface area contributed by atoms with Gasteiger partial charge < -0.3 is 9.80 Å². The molecule has 1 aromatic heterocycles. The third kappa shape index (κ3) is 3.30. The Labute approximate surface area is 144 Å². The van der Waals surface area contributed by atoms with Crippen molar-refractivity contribution in [2.75, 3.05) is 26.2 Å². The summed E-state index contributed by atoms with van der Waals surface area (Å²) in [5.74, 6) is 0.852. The van der Waals surface area contributed by atoms with Gasteiger partial charge in [0.15, 0.2) is 0 Å². The fraction of sp³-hybridized carbons (Fsp3) is 0.632. The van der Waals surface area contributed by atoms with Crippen LogP contribution in [0.3, 0.4) is 0 Å². The van der Waals surface area contributed by atoms with Gasteiger partial charge in [0.05, 0.1) is 5.56 Å². The number of aromatic nitrogens is 1. The Bertz CT molecular complexity index is 633. The first-order valence-electron chi connectivity index (χ1n) is 8.89. The summed E-state index contributed by atoms with van der Waals surface area (Å²) in [7, 11) is 0. The van der Waals surface area contributed by atoms with Gasteiger partial charge >= 0.3 is 0 Å². The minimum Gasteiger partial charge on any atom is -0.342 e. The first-order valence-corrected chi connectivity index (χ1v) is 8.89. The van der Waals surface area contributed by atoms with Crippen molar-refractivity contribution in [1.82, 2.24) is 14.8 Å². The van der Waals surface area contributed by atoms with E-state index < -0.39 is 0 Å². The number of hydrogen-bond acceptors (Lipinski definition) is 3. The second kappa shape index (κ2) is 6.54. The van der Waals surface area contributed by atoms with Crippen LogP contribution in [-0.2, 0) is 4.79 Å². The lowest BCUT2D eigenvalue weighted by atomic mass is 9.77. The quantitative estimate of drug-likeness (QED) is 0.856. The van der Waals surface area contributed by atoms with Gasteiger partial charge in [-0.25, -0.2) is 0 Å². The first kappa shape index (κ1) is 16.9. The average molecular weight is 329 g/mol. The smallest absolute Gasteiger partial charge is 0.255 e. The van der Waals surface area contributed by atoms with Crippen LogP contribution in [0.4, 0.5) is 0 Å². The molecule has 3 heterocycles. The largest absolute Gasteiger partial charge is 0.342 e. The standard InChI is InChI=1S/C19H27N3O2/c1-14(2)12-22-13-19(11-17(22)23)6-9-21(10-7-19)18(24)16-5-4-8-20-15(16)3/h4-5,8,14H,6-7,9-13H2,1-3H3. The molecule has 1 spiro atoms. The molecule has 24 heavy (non-hydrogen) atoms. The summed E-state index contributed by atoms with van der Waals surface area (Å²) in [4.78, 5) is 33.2. The molecule has 0 bridgehead atoms. The number of hydrogen-bond donors (Lipinski definition) is 0. The maximum absolute atomic E-state index is 12.7. The molecule has 0 radical (unpaired) electrons. The van der Waals surface area contributed by atoms with Gasteiger partial charge in [-0.1, -0.05) is 13.8 Å². The molecule has 0 N–H and O–H groups in total. The SMILES string of the molecule is Cc1ncccc1C(=O)N1CCC2(CC1)CC(=O)N(CC(C)C)C2. The molecule has 2 saturated heterocycles. The van der Waals surface area contributed by atoms with Gasteiger partial charge in [-0.3, -0.25) is 14.6 Å². The molecule has 5 heteroatoms. The van der Waals surface area contributed by atoms with E-state index in [0.29, 0.717) is 17.9 Å². The maximum atomic E-state index is 12.7. The van der Waals surface area contributed by atoms with Gasteiger partial charge in [-0.15, -0.1) is 0 Å². The number of aryl methyl sites for hydroxylation is 1. The van der Waals surface area contributed by atoms with E-state index in [9.17, 15) is 9.59 Å². The minimum atomic E-state index is 0.0683. The molecule has 0 atom stereocenters. The van der Waals surface area contributed by atoms with Gasteiger partial charge in [0.2, 0.25) is 5.91 Å². The Morgan fingerprint density at radius 2 is 2.04 bits per heavy atom. The third-order valence-electron chi connectivity index (χ3n) is 5.34. The summed E-state index contributed by atoms with van der Waals surface area (Å²) in [5, 5.41) is 0. The number of likely N-dealkylation sites (tertiary alicyclic amines) is 2. The van der Waals surface area contributed by atoms with Crippen molar-refractivity contribution in [3.63, 3.8) is 0 Å². The molecule has 2 aliphatic rings. The summed E-state index contributed by atoms with van der Waals surface area (Å²) < 4.78 is 0. The molecule has 0 aromatic carbocycles. The number of carbonyl (C=O) groups excluding carboxylic acids is 2. The second-order valence-corrected chi connectivity index (χ2v) is 7.77. The molecule has 2 amide bonds. The monoisotopic (exact) mass is 329 g/mol. The molecular weight excluding hydrogens is 302 g/mol. The third-order valence-corrected chi connectivity index (χ3v) is 5.34. The molecule has 5 nitrogen and oxygen atoms in total. The minimum absolute atomic E-state index is 0.0683. The molecule has 2 fully saturated rings. The number of pyridine rings is 1. The second-order valence-electron chi connectivity index (χ2n) is 7.77. The van der Waals surface area contributed by atoms with Crippen LogP contribution in [0.15, 0.2) is 18.3 Å². The van der Waals surface area contributed by atoms with Crippen LogP contribution < -0.4 is 0 Å². The fourth-order valence-electron chi connectivity index (χ4n) is 3.99. The van der Waals surface area contributed by atoms with Crippen LogP contribution in [0.2, 0.25) is 0 Å². The van der Waals surface area contributed by atoms with E-state index in [4.69, 9.17) is 0 Å². The van der Waals surface area contributed by atoms with Crippen molar-refractivity contribution >= 4 is 11.8 Å². The van der Waals surface area contributed by atoms with Crippen LogP contribution in [0.25, 0.3) is 0 Å². The summed E-state index contributed by atoms with van der Waals surface area (Å²) in [6.45, 7) is 9.34. The Morgan fingerprint density at radius 1 is 1.33 bits per heavy atom. The summed E-state index contributed by atoms with van der Waals surface area (Å²) in [5.41, 5.74) is 1.55. The van der Waals surface area contributed by atoms with Crippen LogP contribution in [0, 0.1) is 18.3 Å². The van der Waals surface area contributed by atoms with Crippen molar-refractivity contribution in [3.8, 4) is 0 Å². The Balaban J connectivity index is 1.63. The predicted octanol–water partition coefficient (Wildman–Crippen LogP) is 2.50. The molecule has 1 aromatic rings. The van der Waals surface area contributed by atoms with Crippen molar-refractivity contribution in [1.29, 1.82) is 0 Å². The van der Waals surface area contributed by atoms with Crippen molar-refractivity contribution in [2.24, 2.45) is 11.3 Å². The topological polar surface area (TPSA) is 53.5 Å². The van der Waals surface area contributed by atoms with Gasteiger partial charge in [0.25, 0.3) is 5.91 Å². The number of piperidine rings is 1. The van der Waals surface area contributed by atoms with E-state index in [0.717, 1.165) is 44.7 Å². The van der Waals surface area contributed by atoms with E-state index in [2.05, 4.69) is 18.8 Å². The Kier molecular flexibility index (Phi) is 4.61. The highest BCUT2D eigenvalue weighted by Gasteiger charge is 2.45. The highest BCUT2D eigenvalue weighted by atomic mass is 16.2. The van der Waals surface area contributed by atoms with Gasteiger partial charge in [-0.05, 0) is 37.8 Å². The first-order chi connectivity index (χ1) is 11.4. The van der Waals surface area contributed by atoms with Gasteiger partial charge in [0.1, 0.15) is 0 Å². The number of carbonyl (C=O) groups is 2. The zero-order valence-electron chi connectivity index (χ0n) is 14.9. The lowest BCUT2D eigenvalue weighted by Crippen LogP contribution is -2.44. The maximum Gasteiger partial charge on any atom is 0.255 e. The zero-order chi connectivity index (χ0) is 17.3. The van der Waals surface area contributed by atoms with E-state index in [1.165, 1.54) is 0 Å². The lowest BCUT2D eigenvalue weighted by Gasteiger charge is -2.39. The lowest BCUT2D eigenvalue weighted by molar-refractivity contribution is -0.128. The normalized spacial score (nSPS) is 20.2. The van der Waals surface area contributed by atoms with E-state index in [-0.39, 0.29) is 17.2 Å². The molecule has 0 aliphatic carbocycles. The molecule has 130 valence electrons. The van der Waals surface area contributed by atoms with Crippen LogP contribution in [0.5, 0.6) is 0 Å². The highest BCUT2D eigenvalue weighted by Crippen LogP contribution is 2.41. The predicted molar refractivity (Wildman–Crippen MR) is 92.6 cm³/mol. The average Bonchev–Trinajstić information content (AvgIpc) is 2.82. The molecule has 0 unspecified atom stereocenters. The van der Waals surface area contributed by atoms with Crippen molar-refractivity contribution < 1.29 is 9.59 Å². The fourth-order valence-corrected chi connectivity index (χ4v) is 3.99. The zero-order valence-corrected chi connectivity index (χ0v) is 14.9. The van der Waals surface area contributed by atoms with Crippen LogP contribution in [0.1, 0.15) is 49.2 Å². The Hall–Kier alpha value is -1.91. The Morgan fingerprint density at radius 3 is 2.67 bits per heavy atom. The van der Waals surface area contributed by atoms with Gasteiger partial charge in [0, 0.05) is 49.9 Å². The molecule has 0 saturated carbocycles. The van der Waals surface area contributed by atoms with Crippen LogP contribution in [-0.4, -0.2) is 52.8 Å². The van der Waals surface area contributed by atoms with E-state index in [1.54, 1.807) is 6.20 Å². The summed E-state index contributed by atoms with van der Waals surface area (Å²) in [6.07, 6.45) is 4.19. The highest BCUT2D eigenvalue weighted by molar-refractivity contribution is 5.95. The summed E-state index contributed by atoms with van der Waals surface area (Å²) in [6, 6.07) is 3.66. The summed E-state index contributed by atoms with van der Waals surface area (Å²) >= 11 is 0. The number of amides is 2. The van der Waals surface area contributed by atoms with Gasteiger partial charge in [-0.2, -0.15) is 0 Å². The van der Waals surface area contributed by atoms with E-state index >= 15 is 0 Å². The molecule has 2 aliphatic heterocycles.